The summed E-state index contributed by atoms with van der Waals surface area (Å²) in [6.07, 6.45) is 8.55. The molecule has 4 aromatic carbocycles. The Morgan fingerprint density at radius 2 is 1.00 bits per heavy atom. The number of carbonyl (C=O) groups excluding carboxylic acids is 2. The molecule has 4 aromatic rings. The van der Waals surface area contributed by atoms with Gasteiger partial charge in [-0.15, -0.1) is 0 Å². The topological polar surface area (TPSA) is 58.2 Å². The van der Waals surface area contributed by atoms with Gasteiger partial charge in [-0.2, -0.15) is 0 Å². The SMILES string of the molecule is CCCC1=Cc2c(-c3cc(C)cc(C)c3C)cccc2[CH]1[Zr]([Cl])([Cl])([B](NC(=O)CC)NC(=O)CC)[CH]1C(CCC)=Cc2c(-c3cc(C)cc(C)c3C)cccc21. The third kappa shape index (κ3) is 7.37. The molecule has 2 aliphatic rings. The fourth-order valence-corrected chi connectivity index (χ4v) is 30.4. The Labute approximate surface area is 344 Å². The average molecular weight is 868 g/mol. The van der Waals surface area contributed by atoms with Crippen LogP contribution in [0.5, 0.6) is 0 Å². The maximum absolute atomic E-state index is 13.7. The number of allylic oxidation sites excluding steroid dienone is 2. The Morgan fingerprint density at radius 1 is 0.607 bits per heavy atom. The molecule has 0 heterocycles. The van der Waals surface area contributed by atoms with Gasteiger partial charge in [0.1, 0.15) is 0 Å². The number of fused-ring (bicyclic) bond motifs is 2. The molecule has 2 unspecified atom stereocenters. The van der Waals surface area contributed by atoms with Crippen molar-refractivity contribution in [3.8, 4) is 22.3 Å². The summed E-state index contributed by atoms with van der Waals surface area (Å²) < 4.78 is -1.71. The molecule has 0 bridgehead atoms. The Morgan fingerprint density at radius 3 is 1.36 bits per heavy atom. The van der Waals surface area contributed by atoms with Crippen molar-refractivity contribution in [3.05, 3.63) is 127 Å². The van der Waals surface area contributed by atoms with Crippen LogP contribution in [0.3, 0.4) is 0 Å². The first-order valence-corrected chi connectivity index (χ1v) is 31.2. The first-order valence-electron chi connectivity index (χ1n) is 20.6. The van der Waals surface area contributed by atoms with E-state index in [4.69, 9.17) is 17.0 Å². The first kappa shape index (κ1) is 42.4. The van der Waals surface area contributed by atoms with Crippen molar-refractivity contribution >= 4 is 45.5 Å². The first-order chi connectivity index (χ1) is 26.6. The fraction of sp³-hybridized carbons (Fsp3) is 0.375. The number of benzene rings is 4. The van der Waals surface area contributed by atoms with E-state index in [1.54, 1.807) is 0 Å². The van der Waals surface area contributed by atoms with Crippen LogP contribution < -0.4 is 10.5 Å². The zero-order chi connectivity index (χ0) is 40.7. The van der Waals surface area contributed by atoms with Crippen LogP contribution in [0.4, 0.5) is 0 Å². The zero-order valence-electron chi connectivity index (χ0n) is 35.0. The van der Waals surface area contributed by atoms with Gasteiger partial charge in [-0.3, -0.25) is 0 Å². The van der Waals surface area contributed by atoms with Crippen molar-refractivity contribution in [1.29, 1.82) is 0 Å². The molecule has 293 valence electrons. The number of amides is 2. The van der Waals surface area contributed by atoms with Crippen molar-refractivity contribution in [2.24, 2.45) is 0 Å². The molecule has 0 saturated heterocycles. The van der Waals surface area contributed by atoms with E-state index in [0.717, 1.165) is 59.1 Å². The van der Waals surface area contributed by atoms with Crippen LogP contribution in [0, 0.1) is 41.5 Å². The van der Waals surface area contributed by atoms with E-state index in [-0.39, 0.29) is 31.9 Å². The summed E-state index contributed by atoms with van der Waals surface area (Å²) in [4.78, 5) is 27.4. The van der Waals surface area contributed by atoms with Gasteiger partial charge in [0, 0.05) is 0 Å². The molecule has 2 N–H and O–H groups in total. The summed E-state index contributed by atoms with van der Waals surface area (Å²) in [6.45, 7) is 21.1. The van der Waals surface area contributed by atoms with Crippen molar-refractivity contribution in [2.75, 3.05) is 0 Å². The van der Waals surface area contributed by atoms with E-state index in [1.807, 2.05) is 13.8 Å². The monoisotopic (exact) mass is 865 g/mol. The standard InChI is InChI=1S/2C21H23.C6H11BN2O2.2ClH.Zr/c2*1-5-7-17-12-18-8-6-9-19(21(18)13-17)20-11-14(2)10-15(3)16(20)4;1-3-5(10)8-7-9-6(11)4-2;;;/h2*6,8-13H,5,7H2,1-4H3;3-4H2,1-2H3,(H-,8,9,10,11);2*1H;/q;;;;;+1/p-1. The zero-order valence-corrected chi connectivity index (χ0v) is 38.9. The Hall–Kier alpha value is -3.17. The molecule has 0 aliphatic heterocycles. The Balaban J connectivity index is 1.72. The molecule has 0 saturated carbocycles. The van der Waals surface area contributed by atoms with E-state index in [2.05, 4.69) is 139 Å². The third-order valence-corrected chi connectivity index (χ3v) is 32.4. The second-order valence-corrected chi connectivity index (χ2v) is 37.8. The fourth-order valence-electron chi connectivity index (χ4n) is 9.69. The molecule has 0 aromatic heterocycles. The molecule has 0 fully saturated rings. The summed E-state index contributed by atoms with van der Waals surface area (Å²) in [5.74, 6) is -0.378. The molecule has 0 spiro atoms. The number of carbonyl (C=O) groups is 2. The molecule has 8 heteroatoms. The van der Waals surface area contributed by atoms with Gasteiger partial charge in [0.15, 0.2) is 0 Å². The summed E-state index contributed by atoms with van der Waals surface area (Å²) in [5.41, 5.74) is 18.9. The number of rotatable bonds is 13. The van der Waals surface area contributed by atoms with Gasteiger partial charge in [0.05, 0.1) is 0 Å². The van der Waals surface area contributed by atoms with Gasteiger partial charge in [-0.05, 0) is 0 Å². The van der Waals surface area contributed by atoms with Crippen molar-refractivity contribution < 1.29 is 25.8 Å². The average Bonchev–Trinajstić information content (AvgIpc) is 3.74. The van der Waals surface area contributed by atoms with Gasteiger partial charge < -0.3 is 0 Å². The van der Waals surface area contributed by atoms with Crippen LogP contribution in [0.15, 0.2) is 71.8 Å². The molecular weight excluding hydrogens is 809 g/mol. The number of halogens is 2. The predicted molar refractivity (Wildman–Crippen MR) is 238 cm³/mol. The van der Waals surface area contributed by atoms with Crippen LogP contribution >= 0.6 is 17.0 Å². The molecule has 2 aliphatic carbocycles. The van der Waals surface area contributed by atoms with Crippen LogP contribution in [0.2, 0.25) is 0 Å². The van der Waals surface area contributed by atoms with Crippen LogP contribution in [0.25, 0.3) is 34.4 Å². The van der Waals surface area contributed by atoms with E-state index < -0.39 is 20.7 Å². The minimum absolute atomic E-state index is 0.189. The summed E-state index contributed by atoms with van der Waals surface area (Å²) in [6, 6.07) is 22.2. The third-order valence-electron chi connectivity index (χ3n) is 12.5. The predicted octanol–water partition coefficient (Wildman–Crippen LogP) is 13.1. The second-order valence-electron chi connectivity index (χ2n) is 16.4. The summed E-state index contributed by atoms with van der Waals surface area (Å²) >= 11 is -5.99. The maximum atomic E-state index is 13.7. The van der Waals surface area contributed by atoms with E-state index in [1.165, 1.54) is 55.7 Å². The van der Waals surface area contributed by atoms with Gasteiger partial charge in [-0.1, -0.05) is 0 Å². The van der Waals surface area contributed by atoms with Crippen LogP contribution in [-0.4, -0.2) is 16.3 Å². The quantitative estimate of drug-likeness (QED) is 0.132. The number of hydrogen-bond donors (Lipinski definition) is 2. The summed E-state index contributed by atoms with van der Waals surface area (Å²) in [7, 11) is 17.8. The van der Waals surface area contributed by atoms with Crippen molar-refractivity contribution in [3.63, 3.8) is 0 Å². The number of hydrogen-bond acceptors (Lipinski definition) is 2. The molecule has 2 atom stereocenters. The van der Waals surface area contributed by atoms with Crippen LogP contribution in [0.1, 0.15) is 129 Å². The van der Waals surface area contributed by atoms with Crippen LogP contribution in [-0.2, 0) is 25.8 Å². The molecule has 2 amide bonds. The Kier molecular flexibility index (Phi) is 12.6. The number of aryl methyl sites for hydroxylation is 4. The van der Waals surface area contributed by atoms with Gasteiger partial charge in [0.25, 0.3) is 0 Å². The van der Waals surface area contributed by atoms with Gasteiger partial charge in [-0.25, -0.2) is 0 Å². The van der Waals surface area contributed by atoms with Crippen molar-refractivity contribution in [2.45, 2.75) is 115 Å². The van der Waals surface area contributed by atoms with Crippen molar-refractivity contribution in [1.82, 2.24) is 10.5 Å². The normalized spacial score (nSPS) is 16.7. The second kappa shape index (κ2) is 16.6. The summed E-state index contributed by atoms with van der Waals surface area (Å²) in [5, 5.41) is 6.60. The molecule has 0 radical (unpaired) electrons. The minimum atomic E-state index is -5.99. The van der Waals surface area contributed by atoms with Gasteiger partial charge >= 0.3 is 346 Å². The van der Waals surface area contributed by atoms with E-state index >= 15 is 0 Å². The van der Waals surface area contributed by atoms with E-state index in [9.17, 15) is 9.59 Å². The molecule has 6 rings (SSSR count). The van der Waals surface area contributed by atoms with E-state index in [0.29, 0.717) is 0 Å². The number of nitrogens with one attached hydrogen (secondary N) is 2. The Bertz CT molecular complexity index is 2140. The van der Waals surface area contributed by atoms with Gasteiger partial charge in [0.2, 0.25) is 0 Å². The molecule has 56 heavy (non-hydrogen) atoms. The molecule has 4 nitrogen and oxygen atoms in total. The molecular formula is C48H58BCl2N2O2Zr.